The quantitative estimate of drug-likeness (QED) is 0.885. The molecule has 2 saturated heterocycles. The Morgan fingerprint density at radius 1 is 1.11 bits per heavy atom. The second-order valence-corrected chi connectivity index (χ2v) is 7.75. The fourth-order valence-electron chi connectivity index (χ4n) is 4.02. The molecule has 0 bridgehead atoms. The molecule has 6 nitrogen and oxygen atoms in total. The molecule has 2 atom stereocenters. The maximum absolute atomic E-state index is 12.8. The Labute approximate surface area is 161 Å². The van der Waals surface area contributed by atoms with E-state index >= 15 is 0 Å². The smallest absolute Gasteiger partial charge is 0.321 e. The minimum Gasteiger partial charge on any atom is -0.372 e. The number of urea groups is 1. The van der Waals surface area contributed by atoms with E-state index in [4.69, 9.17) is 4.74 Å². The van der Waals surface area contributed by atoms with Crippen molar-refractivity contribution in [1.29, 1.82) is 0 Å². The minimum absolute atomic E-state index is 0.00923. The highest BCUT2D eigenvalue weighted by molar-refractivity contribution is 5.89. The van der Waals surface area contributed by atoms with Gasteiger partial charge >= 0.3 is 6.03 Å². The number of carbonyl (C=O) groups excluding carboxylic acids is 2. The number of aryl methyl sites for hydroxylation is 1. The van der Waals surface area contributed by atoms with Gasteiger partial charge in [-0.3, -0.25) is 4.79 Å². The first-order chi connectivity index (χ1) is 13.0. The number of morpholine rings is 1. The number of amides is 3. The van der Waals surface area contributed by atoms with Gasteiger partial charge in [0.25, 0.3) is 0 Å². The van der Waals surface area contributed by atoms with Crippen molar-refractivity contribution in [3.8, 4) is 0 Å². The van der Waals surface area contributed by atoms with E-state index in [2.05, 4.69) is 18.3 Å². The van der Waals surface area contributed by atoms with E-state index in [1.165, 1.54) is 5.56 Å². The summed E-state index contributed by atoms with van der Waals surface area (Å²) in [5.74, 6) is 0.225. The molecule has 0 aliphatic carbocycles. The summed E-state index contributed by atoms with van der Waals surface area (Å²) in [7, 11) is 0. The zero-order chi connectivity index (χ0) is 19.4. The molecule has 2 heterocycles. The summed E-state index contributed by atoms with van der Waals surface area (Å²) in [6, 6.07) is 7.86. The number of likely N-dealkylation sites (tertiary alicyclic amines) is 1. The lowest BCUT2D eigenvalue weighted by atomic mass is 9.95. The van der Waals surface area contributed by atoms with Gasteiger partial charge in [-0.15, -0.1) is 0 Å². The first-order valence-corrected chi connectivity index (χ1v) is 10.1. The molecule has 27 heavy (non-hydrogen) atoms. The van der Waals surface area contributed by atoms with Crippen LogP contribution in [0.4, 0.5) is 10.5 Å². The number of nitrogens with zero attached hydrogens (tertiary/aromatic N) is 2. The van der Waals surface area contributed by atoms with Crippen LogP contribution in [0, 0.1) is 5.92 Å². The predicted molar refractivity (Wildman–Crippen MR) is 106 cm³/mol. The average molecular weight is 373 g/mol. The molecule has 148 valence electrons. The minimum atomic E-state index is -0.0808. The molecule has 3 amide bonds. The summed E-state index contributed by atoms with van der Waals surface area (Å²) >= 11 is 0. The van der Waals surface area contributed by atoms with Gasteiger partial charge in [0.1, 0.15) is 0 Å². The van der Waals surface area contributed by atoms with Crippen molar-refractivity contribution in [1.82, 2.24) is 9.80 Å². The number of nitrogens with one attached hydrogen (secondary N) is 1. The van der Waals surface area contributed by atoms with Gasteiger partial charge in [0.2, 0.25) is 5.91 Å². The molecule has 1 aromatic rings. The summed E-state index contributed by atoms with van der Waals surface area (Å²) in [5.41, 5.74) is 2.03. The Morgan fingerprint density at radius 2 is 1.78 bits per heavy atom. The number of piperidine rings is 1. The number of hydrogen-bond acceptors (Lipinski definition) is 3. The van der Waals surface area contributed by atoms with Gasteiger partial charge in [0.15, 0.2) is 0 Å². The molecule has 3 rings (SSSR count). The van der Waals surface area contributed by atoms with E-state index < -0.39 is 0 Å². The molecular formula is C21H31N3O3. The van der Waals surface area contributed by atoms with Gasteiger partial charge in [0.05, 0.1) is 12.2 Å². The Balaban J connectivity index is 1.50. The van der Waals surface area contributed by atoms with E-state index in [0.29, 0.717) is 26.2 Å². The molecule has 2 aliphatic heterocycles. The third-order valence-electron chi connectivity index (χ3n) is 5.45. The van der Waals surface area contributed by atoms with Crippen LogP contribution in [-0.4, -0.2) is 60.1 Å². The van der Waals surface area contributed by atoms with Crippen molar-refractivity contribution in [3.63, 3.8) is 0 Å². The zero-order valence-electron chi connectivity index (χ0n) is 16.6. The molecular weight excluding hydrogens is 342 g/mol. The van der Waals surface area contributed by atoms with Crippen LogP contribution in [-0.2, 0) is 16.0 Å². The lowest BCUT2D eigenvalue weighted by molar-refractivity contribution is -0.148. The summed E-state index contributed by atoms with van der Waals surface area (Å²) in [6.45, 7) is 8.68. The van der Waals surface area contributed by atoms with Crippen molar-refractivity contribution in [3.05, 3.63) is 29.8 Å². The molecule has 0 aromatic heterocycles. The van der Waals surface area contributed by atoms with Gasteiger partial charge in [-0.25, -0.2) is 4.79 Å². The van der Waals surface area contributed by atoms with Crippen LogP contribution in [0.25, 0.3) is 0 Å². The molecule has 2 aliphatic rings. The fourth-order valence-corrected chi connectivity index (χ4v) is 4.02. The van der Waals surface area contributed by atoms with Crippen molar-refractivity contribution < 1.29 is 14.3 Å². The summed E-state index contributed by atoms with van der Waals surface area (Å²) in [4.78, 5) is 29.1. The van der Waals surface area contributed by atoms with Gasteiger partial charge in [-0.2, -0.15) is 0 Å². The second kappa shape index (κ2) is 8.74. The topological polar surface area (TPSA) is 61.9 Å². The predicted octanol–water partition coefficient (Wildman–Crippen LogP) is 3.13. The van der Waals surface area contributed by atoms with Crippen molar-refractivity contribution in [2.24, 2.45) is 5.92 Å². The number of anilines is 1. The Kier molecular flexibility index (Phi) is 6.37. The molecule has 1 aromatic carbocycles. The van der Waals surface area contributed by atoms with E-state index in [9.17, 15) is 9.59 Å². The van der Waals surface area contributed by atoms with E-state index in [1.807, 2.05) is 41.8 Å². The van der Waals surface area contributed by atoms with E-state index in [0.717, 1.165) is 24.9 Å². The Morgan fingerprint density at radius 3 is 2.41 bits per heavy atom. The standard InChI is InChI=1S/C21H31N3O3/c1-4-17-6-5-7-19(12-17)22-21(26)23-10-8-18(9-11-23)20(25)24-13-15(2)27-16(3)14-24/h5-7,12,15-16,18H,4,8-11,13-14H2,1-3H3,(H,22,26). The first kappa shape index (κ1) is 19.7. The molecule has 1 N–H and O–H groups in total. The number of benzene rings is 1. The Hall–Kier alpha value is -2.08. The first-order valence-electron chi connectivity index (χ1n) is 10.1. The van der Waals surface area contributed by atoms with Crippen molar-refractivity contribution in [2.75, 3.05) is 31.5 Å². The largest absolute Gasteiger partial charge is 0.372 e. The summed E-state index contributed by atoms with van der Waals surface area (Å²) in [5, 5.41) is 2.98. The summed E-state index contributed by atoms with van der Waals surface area (Å²) in [6.07, 6.45) is 2.56. The number of rotatable bonds is 3. The SMILES string of the molecule is CCc1cccc(NC(=O)N2CCC(C(=O)N3CC(C)OC(C)C3)CC2)c1. The van der Waals surface area contributed by atoms with Gasteiger partial charge in [-0.05, 0) is 50.8 Å². The molecule has 0 saturated carbocycles. The highest BCUT2D eigenvalue weighted by atomic mass is 16.5. The van der Waals surface area contributed by atoms with E-state index in [1.54, 1.807) is 0 Å². The van der Waals surface area contributed by atoms with Gasteiger partial charge in [-0.1, -0.05) is 19.1 Å². The second-order valence-electron chi connectivity index (χ2n) is 7.75. The maximum Gasteiger partial charge on any atom is 0.321 e. The van der Waals surface area contributed by atoms with Crippen LogP contribution < -0.4 is 5.32 Å². The van der Waals surface area contributed by atoms with Crippen LogP contribution >= 0.6 is 0 Å². The molecule has 0 radical (unpaired) electrons. The molecule has 2 fully saturated rings. The molecule has 6 heteroatoms. The third kappa shape index (κ3) is 5.01. The van der Waals surface area contributed by atoms with Crippen molar-refractivity contribution >= 4 is 17.6 Å². The lowest BCUT2D eigenvalue weighted by Crippen LogP contribution is -2.52. The highest BCUT2D eigenvalue weighted by Crippen LogP contribution is 2.23. The fraction of sp³-hybridized carbons (Fsp3) is 0.619. The van der Waals surface area contributed by atoms with Crippen LogP contribution in [0.5, 0.6) is 0 Å². The number of carbonyl (C=O) groups is 2. The monoisotopic (exact) mass is 373 g/mol. The highest BCUT2D eigenvalue weighted by Gasteiger charge is 2.33. The maximum atomic E-state index is 12.8. The molecule has 2 unspecified atom stereocenters. The average Bonchev–Trinajstić information content (AvgIpc) is 2.67. The van der Waals surface area contributed by atoms with Gasteiger partial charge in [0, 0.05) is 37.8 Å². The van der Waals surface area contributed by atoms with E-state index in [-0.39, 0.29) is 30.1 Å². The van der Waals surface area contributed by atoms with Crippen molar-refractivity contribution in [2.45, 2.75) is 52.2 Å². The van der Waals surface area contributed by atoms with Gasteiger partial charge < -0.3 is 19.9 Å². The third-order valence-corrected chi connectivity index (χ3v) is 5.45. The Bertz CT molecular complexity index is 660. The van der Waals surface area contributed by atoms with Crippen LogP contribution in [0.3, 0.4) is 0 Å². The molecule has 0 spiro atoms. The lowest BCUT2D eigenvalue weighted by Gasteiger charge is -2.39. The van der Waals surface area contributed by atoms with Crippen LogP contribution in [0.15, 0.2) is 24.3 Å². The normalized spacial score (nSPS) is 24.0. The van der Waals surface area contributed by atoms with Crippen LogP contribution in [0.1, 0.15) is 39.2 Å². The number of hydrogen-bond donors (Lipinski definition) is 1. The summed E-state index contributed by atoms with van der Waals surface area (Å²) < 4.78 is 5.72. The zero-order valence-corrected chi connectivity index (χ0v) is 16.6. The van der Waals surface area contributed by atoms with Crippen LogP contribution in [0.2, 0.25) is 0 Å². The number of ether oxygens (including phenoxy) is 1.